The Morgan fingerprint density at radius 1 is 1.00 bits per heavy atom. The third kappa shape index (κ3) is 5.44. The zero-order chi connectivity index (χ0) is 20.8. The first-order valence-electron chi connectivity index (χ1n) is 8.93. The second kappa shape index (κ2) is 9.37. The van der Waals surface area contributed by atoms with Gasteiger partial charge in [-0.05, 0) is 29.8 Å². The van der Waals surface area contributed by atoms with Crippen LogP contribution >= 0.6 is 0 Å². The van der Waals surface area contributed by atoms with Gasteiger partial charge in [0.05, 0.1) is 42.4 Å². The Morgan fingerprint density at radius 2 is 1.69 bits per heavy atom. The molecule has 0 bridgehead atoms. The first-order valence-corrected chi connectivity index (χ1v) is 8.93. The molecule has 0 amide bonds. The number of pyridine rings is 1. The van der Waals surface area contributed by atoms with Gasteiger partial charge in [-0.3, -0.25) is 4.98 Å². The van der Waals surface area contributed by atoms with Crippen LogP contribution in [0, 0.1) is 5.82 Å². The average molecular weight is 400 g/mol. The molecule has 2 heterocycles. The number of aliphatic hydroxyl groups is 2. The first-order chi connectivity index (χ1) is 14.0. The Balaban J connectivity index is 1.70. The molecule has 0 saturated carbocycles. The SMILES string of the molecule is O=C(O)c1cc(CO)nc(CNCc2nc(CO)cn2Cc2ccc(F)cc2)c1. The second-order valence-corrected chi connectivity index (χ2v) is 6.47. The van der Waals surface area contributed by atoms with Crippen LogP contribution in [-0.4, -0.2) is 35.8 Å². The molecule has 2 aromatic heterocycles. The Kier molecular flexibility index (Phi) is 6.65. The lowest BCUT2D eigenvalue weighted by atomic mass is 10.2. The molecule has 9 heteroatoms. The Morgan fingerprint density at radius 3 is 2.34 bits per heavy atom. The number of hydrogen-bond acceptors (Lipinski definition) is 6. The molecule has 3 aromatic rings. The fourth-order valence-corrected chi connectivity index (χ4v) is 2.90. The van der Waals surface area contributed by atoms with E-state index < -0.39 is 5.97 Å². The van der Waals surface area contributed by atoms with Crippen molar-refractivity contribution in [3.05, 3.63) is 82.4 Å². The molecule has 4 N–H and O–H groups in total. The predicted octanol–water partition coefficient (Wildman–Crippen LogP) is 1.44. The van der Waals surface area contributed by atoms with Crippen molar-refractivity contribution in [2.45, 2.75) is 32.8 Å². The van der Waals surface area contributed by atoms with Crippen LogP contribution in [0.4, 0.5) is 4.39 Å². The maximum atomic E-state index is 13.1. The number of benzene rings is 1. The Hall–Kier alpha value is -3.14. The van der Waals surface area contributed by atoms with Gasteiger partial charge in [0.1, 0.15) is 11.6 Å². The van der Waals surface area contributed by atoms with Crippen LogP contribution in [0.1, 0.15) is 38.8 Å². The van der Waals surface area contributed by atoms with Gasteiger partial charge in [0, 0.05) is 19.3 Å². The summed E-state index contributed by atoms with van der Waals surface area (Å²) in [4.78, 5) is 19.8. The van der Waals surface area contributed by atoms with Crippen molar-refractivity contribution >= 4 is 5.97 Å². The van der Waals surface area contributed by atoms with Crippen LogP contribution in [-0.2, 0) is 32.8 Å². The van der Waals surface area contributed by atoms with E-state index in [0.29, 0.717) is 30.3 Å². The average Bonchev–Trinajstić information content (AvgIpc) is 3.11. The van der Waals surface area contributed by atoms with Gasteiger partial charge in [-0.2, -0.15) is 0 Å². The number of carboxylic acids is 1. The number of aromatic carboxylic acids is 1. The van der Waals surface area contributed by atoms with Gasteiger partial charge in [-0.15, -0.1) is 0 Å². The highest BCUT2D eigenvalue weighted by atomic mass is 19.1. The van der Waals surface area contributed by atoms with Crippen LogP contribution in [0.3, 0.4) is 0 Å². The van der Waals surface area contributed by atoms with Crippen LogP contribution in [0.2, 0.25) is 0 Å². The molecule has 1 aromatic carbocycles. The Labute approximate surface area is 166 Å². The van der Waals surface area contributed by atoms with Crippen molar-refractivity contribution in [2.24, 2.45) is 0 Å². The van der Waals surface area contributed by atoms with E-state index in [9.17, 15) is 19.4 Å². The van der Waals surface area contributed by atoms with Gasteiger partial charge in [0.25, 0.3) is 0 Å². The topological polar surface area (TPSA) is 120 Å². The molecule has 0 radical (unpaired) electrons. The number of nitrogens with one attached hydrogen (secondary N) is 1. The molecule has 29 heavy (non-hydrogen) atoms. The molecule has 8 nitrogen and oxygen atoms in total. The summed E-state index contributed by atoms with van der Waals surface area (Å²) < 4.78 is 15.0. The van der Waals surface area contributed by atoms with Crippen LogP contribution in [0.25, 0.3) is 0 Å². The zero-order valence-electron chi connectivity index (χ0n) is 15.5. The summed E-state index contributed by atoms with van der Waals surface area (Å²) in [6.07, 6.45) is 1.73. The van der Waals surface area contributed by atoms with Gasteiger partial charge in [-0.25, -0.2) is 14.2 Å². The largest absolute Gasteiger partial charge is 0.478 e. The molecular weight excluding hydrogens is 379 g/mol. The molecule has 0 unspecified atom stereocenters. The van der Waals surface area contributed by atoms with Crippen molar-refractivity contribution in [1.82, 2.24) is 19.9 Å². The van der Waals surface area contributed by atoms with Crippen LogP contribution in [0.5, 0.6) is 0 Å². The quantitative estimate of drug-likeness (QED) is 0.429. The van der Waals surface area contributed by atoms with Crippen LogP contribution in [0.15, 0.2) is 42.6 Å². The van der Waals surface area contributed by atoms with Gasteiger partial charge >= 0.3 is 5.97 Å². The molecule has 0 atom stereocenters. The number of aromatic nitrogens is 3. The van der Waals surface area contributed by atoms with E-state index in [1.165, 1.54) is 24.3 Å². The highest BCUT2D eigenvalue weighted by Gasteiger charge is 2.11. The molecule has 0 aliphatic carbocycles. The monoisotopic (exact) mass is 400 g/mol. The maximum absolute atomic E-state index is 13.1. The summed E-state index contributed by atoms with van der Waals surface area (Å²) in [5.41, 5.74) is 2.21. The molecule has 0 fully saturated rings. The van der Waals surface area contributed by atoms with Crippen molar-refractivity contribution in [3.63, 3.8) is 0 Å². The van der Waals surface area contributed by atoms with E-state index in [0.717, 1.165) is 5.56 Å². The van der Waals surface area contributed by atoms with E-state index >= 15 is 0 Å². The number of halogens is 1. The molecule has 0 aliphatic rings. The number of carboxylic acid groups (broad SMARTS) is 1. The van der Waals surface area contributed by atoms with Gasteiger partial charge < -0.3 is 25.2 Å². The summed E-state index contributed by atoms with van der Waals surface area (Å²) in [7, 11) is 0. The van der Waals surface area contributed by atoms with Crippen LogP contribution < -0.4 is 5.32 Å². The third-order valence-electron chi connectivity index (χ3n) is 4.27. The lowest BCUT2D eigenvalue weighted by Crippen LogP contribution is -2.18. The molecule has 0 saturated heterocycles. The molecule has 0 aliphatic heterocycles. The smallest absolute Gasteiger partial charge is 0.335 e. The highest BCUT2D eigenvalue weighted by Crippen LogP contribution is 2.11. The molecule has 3 rings (SSSR count). The highest BCUT2D eigenvalue weighted by molar-refractivity contribution is 5.87. The summed E-state index contributed by atoms with van der Waals surface area (Å²) in [6.45, 7) is 0.522. The first kappa shape index (κ1) is 20.6. The normalized spacial score (nSPS) is 11.0. The van der Waals surface area contributed by atoms with Crippen molar-refractivity contribution in [1.29, 1.82) is 0 Å². The fraction of sp³-hybridized carbons (Fsp3) is 0.250. The van der Waals surface area contributed by atoms with E-state index in [1.54, 1.807) is 18.3 Å². The number of carbonyl (C=O) groups is 1. The van der Waals surface area contributed by atoms with Crippen molar-refractivity contribution < 1.29 is 24.5 Å². The lowest BCUT2D eigenvalue weighted by Gasteiger charge is -2.10. The molecule has 152 valence electrons. The van der Waals surface area contributed by atoms with Gasteiger partial charge in [0.15, 0.2) is 0 Å². The number of aliphatic hydroxyl groups excluding tert-OH is 2. The third-order valence-corrected chi connectivity index (χ3v) is 4.27. The minimum atomic E-state index is -1.09. The molecule has 0 spiro atoms. The number of rotatable bonds is 9. The summed E-state index contributed by atoms with van der Waals surface area (Å²) in [5.74, 6) is -0.739. The van der Waals surface area contributed by atoms with E-state index in [1.807, 2.05) is 4.57 Å². The Bertz CT molecular complexity index is 989. The second-order valence-electron chi connectivity index (χ2n) is 6.47. The van der Waals surface area contributed by atoms with Gasteiger partial charge in [0.2, 0.25) is 0 Å². The minimum absolute atomic E-state index is 0.0567. The van der Waals surface area contributed by atoms with Crippen molar-refractivity contribution in [3.8, 4) is 0 Å². The predicted molar refractivity (Wildman–Crippen MR) is 101 cm³/mol. The maximum Gasteiger partial charge on any atom is 0.335 e. The minimum Gasteiger partial charge on any atom is -0.478 e. The standard InChI is InChI=1S/C20H21FN4O4/c21-15-3-1-13(2-4-15)9-25-10-18(12-27)24-19(25)8-22-7-16-5-14(20(28)29)6-17(11-26)23-16/h1-6,10,22,26-27H,7-9,11-12H2,(H,28,29). The van der Waals surface area contributed by atoms with Gasteiger partial charge in [-0.1, -0.05) is 12.1 Å². The summed E-state index contributed by atoms with van der Waals surface area (Å²) >= 11 is 0. The fourth-order valence-electron chi connectivity index (χ4n) is 2.90. The summed E-state index contributed by atoms with van der Waals surface area (Å²) in [6, 6.07) is 8.91. The van der Waals surface area contributed by atoms with E-state index in [2.05, 4.69) is 15.3 Å². The number of imidazole rings is 1. The van der Waals surface area contributed by atoms with E-state index in [-0.39, 0.29) is 36.8 Å². The summed E-state index contributed by atoms with van der Waals surface area (Å²) in [5, 5.41) is 31.0. The van der Waals surface area contributed by atoms with E-state index in [4.69, 9.17) is 5.11 Å². The molecular formula is C20H21FN4O4. The number of nitrogens with zero attached hydrogens (tertiary/aromatic N) is 3. The number of hydrogen-bond donors (Lipinski definition) is 4. The lowest BCUT2D eigenvalue weighted by molar-refractivity contribution is 0.0696. The zero-order valence-corrected chi connectivity index (χ0v) is 15.5. The van der Waals surface area contributed by atoms with Crippen molar-refractivity contribution in [2.75, 3.05) is 0 Å².